The Bertz CT molecular complexity index is 561. The molecule has 0 spiro atoms. The lowest BCUT2D eigenvalue weighted by Gasteiger charge is -2.33. The molecule has 1 rings (SSSR count). The van der Waals surface area contributed by atoms with Crippen molar-refractivity contribution in [3.8, 4) is 5.75 Å². The van der Waals surface area contributed by atoms with Crippen LogP contribution in [-0.2, 0) is 14.3 Å². The minimum absolute atomic E-state index is 0.0659. The van der Waals surface area contributed by atoms with Crippen LogP contribution in [0.5, 0.6) is 5.75 Å². The highest BCUT2D eigenvalue weighted by atomic mass is 19.1. The first-order valence-corrected chi connectivity index (χ1v) is 7.82. The second kappa shape index (κ2) is 8.13. The van der Waals surface area contributed by atoms with Crippen LogP contribution in [0, 0.1) is 11.2 Å². The molecule has 1 aromatic rings. The van der Waals surface area contributed by atoms with Gasteiger partial charge in [0.05, 0.1) is 0 Å². The van der Waals surface area contributed by atoms with Gasteiger partial charge in [0.2, 0.25) is 0 Å². The molecule has 0 aliphatic carbocycles. The summed E-state index contributed by atoms with van der Waals surface area (Å²) in [4.78, 5) is 23.5. The zero-order valence-electron chi connectivity index (χ0n) is 14.9. The van der Waals surface area contributed by atoms with Gasteiger partial charge in [0.15, 0.2) is 13.2 Å². The lowest BCUT2D eigenvalue weighted by Crippen LogP contribution is -2.47. The Kier molecular flexibility index (Phi) is 6.75. The Labute approximate surface area is 142 Å². The van der Waals surface area contributed by atoms with E-state index in [1.165, 1.54) is 24.3 Å². The number of carbonyl (C=O) groups excluding carboxylic acids is 2. The molecule has 0 fully saturated rings. The summed E-state index contributed by atoms with van der Waals surface area (Å²) in [5.41, 5.74) is -0.331. The number of hydrogen-bond donors (Lipinski definition) is 1. The molecule has 0 aliphatic heterocycles. The van der Waals surface area contributed by atoms with Crippen molar-refractivity contribution >= 4 is 11.9 Å². The molecule has 24 heavy (non-hydrogen) atoms. The molecule has 1 N–H and O–H groups in total. The fourth-order valence-corrected chi connectivity index (χ4v) is 2.64. The molecule has 0 aromatic heterocycles. The van der Waals surface area contributed by atoms with Crippen LogP contribution < -0.4 is 10.1 Å². The van der Waals surface area contributed by atoms with Crippen LogP contribution in [0.2, 0.25) is 0 Å². The fourth-order valence-electron chi connectivity index (χ4n) is 2.64. The highest BCUT2D eigenvalue weighted by Crippen LogP contribution is 2.26. The van der Waals surface area contributed by atoms with Gasteiger partial charge in [0.25, 0.3) is 5.91 Å². The van der Waals surface area contributed by atoms with E-state index in [0.29, 0.717) is 5.75 Å². The molecule has 0 unspecified atom stereocenters. The van der Waals surface area contributed by atoms with Crippen LogP contribution in [0.3, 0.4) is 0 Å². The molecule has 0 heterocycles. The summed E-state index contributed by atoms with van der Waals surface area (Å²) in [5.74, 6) is -1.06. The molecule has 0 atom stereocenters. The molecule has 0 saturated heterocycles. The molecule has 0 saturated carbocycles. The van der Waals surface area contributed by atoms with Gasteiger partial charge in [-0.1, -0.05) is 20.8 Å². The van der Waals surface area contributed by atoms with Crippen molar-refractivity contribution in [1.82, 2.24) is 5.32 Å². The number of hydrogen-bond acceptors (Lipinski definition) is 4. The van der Waals surface area contributed by atoms with E-state index in [0.717, 1.165) is 6.42 Å². The molecule has 134 valence electrons. The van der Waals surface area contributed by atoms with Crippen LogP contribution in [0.4, 0.5) is 4.39 Å². The standard InChI is InChI=1S/C18H26FNO4/c1-17(2,3)12-18(4,5)20-15(21)10-24-16(22)11-23-14-8-6-13(19)7-9-14/h6-9H,10-12H2,1-5H3,(H,20,21). The van der Waals surface area contributed by atoms with Gasteiger partial charge in [-0.3, -0.25) is 4.79 Å². The van der Waals surface area contributed by atoms with E-state index in [4.69, 9.17) is 9.47 Å². The molecule has 0 aliphatic rings. The molecule has 1 amide bonds. The zero-order valence-corrected chi connectivity index (χ0v) is 14.9. The predicted octanol–water partition coefficient (Wildman–Crippen LogP) is 3.08. The first kappa shape index (κ1) is 19.9. The van der Waals surface area contributed by atoms with Crippen molar-refractivity contribution in [3.63, 3.8) is 0 Å². The van der Waals surface area contributed by atoms with E-state index in [1.54, 1.807) is 0 Å². The number of ether oxygens (including phenoxy) is 2. The third-order valence-electron chi connectivity index (χ3n) is 2.98. The van der Waals surface area contributed by atoms with Crippen LogP contribution in [0.1, 0.15) is 41.0 Å². The quantitative estimate of drug-likeness (QED) is 0.776. The van der Waals surface area contributed by atoms with E-state index in [2.05, 4.69) is 26.1 Å². The maximum atomic E-state index is 12.7. The summed E-state index contributed by atoms with van der Waals surface area (Å²) in [7, 11) is 0. The highest BCUT2D eigenvalue weighted by molar-refractivity contribution is 5.81. The third kappa shape index (κ3) is 8.50. The van der Waals surface area contributed by atoms with Crippen molar-refractivity contribution in [2.24, 2.45) is 5.41 Å². The van der Waals surface area contributed by atoms with Gasteiger partial charge in [0.1, 0.15) is 11.6 Å². The summed E-state index contributed by atoms with van der Waals surface area (Å²) >= 11 is 0. The second-order valence-electron chi connectivity index (χ2n) is 7.57. The largest absolute Gasteiger partial charge is 0.482 e. The lowest BCUT2D eigenvalue weighted by molar-refractivity contribution is -0.151. The van der Waals surface area contributed by atoms with Crippen molar-refractivity contribution in [2.75, 3.05) is 13.2 Å². The molecule has 6 heteroatoms. The Hall–Kier alpha value is -2.11. The number of carbonyl (C=O) groups is 2. The van der Waals surface area contributed by atoms with Gasteiger partial charge in [-0.2, -0.15) is 0 Å². The van der Waals surface area contributed by atoms with E-state index in [1.807, 2.05) is 13.8 Å². The smallest absolute Gasteiger partial charge is 0.344 e. The van der Waals surface area contributed by atoms with Crippen LogP contribution in [0.15, 0.2) is 24.3 Å². The number of rotatable bonds is 7. The van der Waals surface area contributed by atoms with Crippen LogP contribution >= 0.6 is 0 Å². The van der Waals surface area contributed by atoms with Gasteiger partial charge < -0.3 is 14.8 Å². The minimum atomic E-state index is -0.664. The molecule has 0 radical (unpaired) electrons. The molecule has 1 aromatic carbocycles. The van der Waals surface area contributed by atoms with Crippen LogP contribution in [0.25, 0.3) is 0 Å². The number of halogens is 1. The fraction of sp³-hybridized carbons (Fsp3) is 0.556. The van der Waals surface area contributed by atoms with Crippen molar-refractivity contribution in [1.29, 1.82) is 0 Å². The Morgan fingerprint density at radius 1 is 1.04 bits per heavy atom. The van der Waals surface area contributed by atoms with E-state index < -0.39 is 11.5 Å². The summed E-state index contributed by atoms with van der Waals surface area (Å²) in [6.07, 6.45) is 0.785. The van der Waals surface area contributed by atoms with Crippen molar-refractivity contribution < 1.29 is 23.5 Å². The minimum Gasteiger partial charge on any atom is -0.482 e. The average Bonchev–Trinajstić information content (AvgIpc) is 2.41. The Morgan fingerprint density at radius 2 is 1.62 bits per heavy atom. The normalized spacial score (nSPS) is 11.8. The Morgan fingerprint density at radius 3 is 2.17 bits per heavy atom. The number of nitrogens with one attached hydrogen (secondary N) is 1. The average molecular weight is 339 g/mol. The first-order chi connectivity index (χ1) is 11.0. The van der Waals surface area contributed by atoms with Crippen molar-refractivity contribution in [2.45, 2.75) is 46.6 Å². The van der Waals surface area contributed by atoms with Crippen LogP contribution in [-0.4, -0.2) is 30.6 Å². The monoisotopic (exact) mass is 339 g/mol. The Balaban J connectivity index is 2.33. The second-order valence-corrected chi connectivity index (χ2v) is 7.57. The maximum absolute atomic E-state index is 12.7. The third-order valence-corrected chi connectivity index (χ3v) is 2.98. The van der Waals surface area contributed by atoms with Crippen molar-refractivity contribution in [3.05, 3.63) is 30.1 Å². The molecular weight excluding hydrogens is 313 g/mol. The molecule has 0 bridgehead atoms. The summed E-state index contributed by atoms with van der Waals surface area (Å²) in [6, 6.07) is 5.27. The zero-order chi connectivity index (χ0) is 18.4. The molecular formula is C18H26FNO4. The van der Waals surface area contributed by atoms with Gasteiger partial charge in [0, 0.05) is 5.54 Å². The van der Waals surface area contributed by atoms with Gasteiger partial charge in [-0.05, 0) is 49.9 Å². The maximum Gasteiger partial charge on any atom is 0.344 e. The predicted molar refractivity (Wildman–Crippen MR) is 89.1 cm³/mol. The van der Waals surface area contributed by atoms with Gasteiger partial charge in [-0.15, -0.1) is 0 Å². The highest BCUT2D eigenvalue weighted by Gasteiger charge is 2.27. The molecule has 5 nitrogen and oxygen atoms in total. The number of benzene rings is 1. The topological polar surface area (TPSA) is 64.6 Å². The number of amides is 1. The summed E-state index contributed by atoms with van der Waals surface area (Å²) in [5, 5.41) is 2.85. The lowest BCUT2D eigenvalue weighted by atomic mass is 9.82. The van der Waals surface area contributed by atoms with E-state index in [9.17, 15) is 14.0 Å². The first-order valence-electron chi connectivity index (χ1n) is 7.82. The van der Waals surface area contributed by atoms with E-state index in [-0.39, 0.29) is 30.4 Å². The van der Waals surface area contributed by atoms with Gasteiger partial charge in [-0.25, -0.2) is 9.18 Å². The summed E-state index contributed by atoms with van der Waals surface area (Å²) in [6.45, 7) is 9.42. The van der Waals surface area contributed by atoms with E-state index >= 15 is 0 Å². The summed E-state index contributed by atoms with van der Waals surface area (Å²) < 4.78 is 22.8. The SMILES string of the molecule is CC(C)(C)CC(C)(C)NC(=O)COC(=O)COc1ccc(F)cc1. The van der Waals surface area contributed by atoms with Gasteiger partial charge >= 0.3 is 5.97 Å². The number of esters is 1.